The van der Waals surface area contributed by atoms with Gasteiger partial charge in [-0.1, -0.05) is 0 Å². The fourth-order valence-electron chi connectivity index (χ4n) is 0. The van der Waals surface area contributed by atoms with Crippen molar-refractivity contribution in [1.82, 2.24) is 0 Å². The Hall–Kier alpha value is 0.883. The molecule has 0 rings (SSSR count). The van der Waals surface area contributed by atoms with Gasteiger partial charge < -0.3 is 0 Å². The fraction of sp³-hybridized carbons (Fsp3) is 1.00. The normalized spacial score (nSPS) is 4.50. The van der Waals surface area contributed by atoms with E-state index in [-0.39, 0.29) is 30.0 Å². The van der Waals surface area contributed by atoms with Crippen LogP contribution in [0.2, 0.25) is 9.74 Å². The summed E-state index contributed by atoms with van der Waals surface area (Å²) < 4.78 is 0. The van der Waals surface area contributed by atoms with Crippen LogP contribution in [0.25, 0.3) is 0 Å². The first-order valence-corrected chi connectivity index (χ1v) is 6.71. The summed E-state index contributed by atoms with van der Waals surface area (Å²) in [6.07, 6.45) is 0. The SMILES string of the molecule is B.[CH3][SbH][CH3]. The standard InChI is InChI=1S/2CH3.BH3.Sb.H/h3*1H3;;. The average molecular weight is 167 g/mol. The summed E-state index contributed by atoms with van der Waals surface area (Å²) in [4.78, 5) is 4.59. The maximum atomic E-state index is 2.30. The van der Waals surface area contributed by atoms with E-state index in [1.54, 1.807) is 0 Å². The van der Waals surface area contributed by atoms with Crippen molar-refractivity contribution in [2.24, 2.45) is 0 Å². The summed E-state index contributed by atoms with van der Waals surface area (Å²) in [5, 5.41) is 0. The zero-order valence-electron chi connectivity index (χ0n) is 2.50. The van der Waals surface area contributed by atoms with E-state index in [9.17, 15) is 0 Å². The van der Waals surface area contributed by atoms with Crippen LogP contribution in [0, 0.1) is 0 Å². The van der Waals surface area contributed by atoms with Crippen molar-refractivity contribution in [3.8, 4) is 0 Å². The molecule has 0 saturated heterocycles. The second-order valence-electron chi connectivity index (χ2n) is 0.500. The number of hydrogen-bond donors (Lipinski definition) is 0. The van der Waals surface area contributed by atoms with Gasteiger partial charge in [0.25, 0.3) is 0 Å². The monoisotopic (exact) mass is 166 g/mol. The Morgan fingerprint density at radius 3 is 1.25 bits per heavy atom. The molecule has 0 unspecified atom stereocenters. The quantitative estimate of drug-likeness (QED) is 0.419. The molecule has 0 aromatic carbocycles. The van der Waals surface area contributed by atoms with Gasteiger partial charge in [-0.2, -0.15) is 0 Å². The topological polar surface area (TPSA) is 0 Å². The van der Waals surface area contributed by atoms with Gasteiger partial charge in [-0.05, 0) is 0 Å². The van der Waals surface area contributed by atoms with Gasteiger partial charge in [0, 0.05) is 0 Å². The van der Waals surface area contributed by atoms with Crippen molar-refractivity contribution in [3.05, 3.63) is 0 Å². The molecule has 26 valence electrons. The predicted octanol–water partition coefficient (Wildman–Crippen LogP) is -0.665. The van der Waals surface area contributed by atoms with Crippen LogP contribution in [-0.4, -0.2) is 30.0 Å². The van der Waals surface area contributed by atoms with E-state index in [0.29, 0.717) is 0 Å². The molecule has 0 aromatic heterocycles. The van der Waals surface area contributed by atoms with Crippen molar-refractivity contribution in [2.75, 3.05) is 0 Å². The van der Waals surface area contributed by atoms with Crippen LogP contribution in [0.1, 0.15) is 0 Å². The molecule has 0 nitrogen and oxygen atoms in total. The molecule has 0 aliphatic rings. The molecule has 0 atom stereocenters. The molecule has 0 heterocycles. The summed E-state index contributed by atoms with van der Waals surface area (Å²) in [5.41, 5.74) is 0. The summed E-state index contributed by atoms with van der Waals surface area (Å²) in [5.74, 6) is 0. The van der Waals surface area contributed by atoms with Gasteiger partial charge in [0.15, 0.2) is 0 Å². The first-order valence-electron chi connectivity index (χ1n) is 1.00. The second kappa shape index (κ2) is 9.10. The Bertz CT molecular complexity index is 6.00. The van der Waals surface area contributed by atoms with Gasteiger partial charge >= 0.3 is 31.4 Å². The summed E-state index contributed by atoms with van der Waals surface area (Å²) in [6, 6.07) is 0. The van der Waals surface area contributed by atoms with E-state index in [1.165, 1.54) is 0 Å². The zero-order valence-corrected chi connectivity index (χ0v) is 5.35. The molecule has 2 heteroatoms. The molecule has 0 bridgehead atoms. The van der Waals surface area contributed by atoms with E-state index in [4.69, 9.17) is 0 Å². The Morgan fingerprint density at radius 2 is 1.25 bits per heavy atom. The number of rotatable bonds is 0. The van der Waals surface area contributed by atoms with Crippen LogP contribution in [0.15, 0.2) is 0 Å². The molecular weight excluding hydrogens is 157 g/mol. The molecule has 0 N–H and O–H groups in total. The Labute approximate surface area is 40.1 Å². The first kappa shape index (κ1) is 8.86. The molecule has 0 aliphatic heterocycles. The minimum atomic E-state index is 0. The molecule has 0 aromatic rings. The second-order valence-corrected chi connectivity index (χ2v) is 3.35. The van der Waals surface area contributed by atoms with Crippen LogP contribution in [-0.2, 0) is 0 Å². The van der Waals surface area contributed by atoms with Crippen molar-refractivity contribution in [3.63, 3.8) is 0 Å². The third-order valence-corrected chi connectivity index (χ3v) is 0. The molecule has 0 saturated carbocycles. The summed E-state index contributed by atoms with van der Waals surface area (Å²) in [7, 11) is 0. The number of hydrogen-bond acceptors (Lipinski definition) is 0. The Balaban J connectivity index is 0. The van der Waals surface area contributed by atoms with Crippen molar-refractivity contribution in [1.29, 1.82) is 0 Å². The first-order chi connectivity index (χ1) is 1.41. The van der Waals surface area contributed by atoms with Gasteiger partial charge in [0.2, 0.25) is 0 Å². The summed E-state index contributed by atoms with van der Waals surface area (Å²) in [6.45, 7) is 0. The summed E-state index contributed by atoms with van der Waals surface area (Å²) >= 11 is 0.230. The van der Waals surface area contributed by atoms with Gasteiger partial charge in [-0.25, -0.2) is 0 Å². The van der Waals surface area contributed by atoms with Crippen molar-refractivity contribution < 1.29 is 0 Å². The van der Waals surface area contributed by atoms with Crippen LogP contribution in [0.3, 0.4) is 0 Å². The third kappa shape index (κ3) is 13.1. The van der Waals surface area contributed by atoms with Crippen LogP contribution in [0.4, 0.5) is 0 Å². The minimum absolute atomic E-state index is 0. The van der Waals surface area contributed by atoms with E-state index in [2.05, 4.69) is 9.74 Å². The Morgan fingerprint density at radius 1 is 1.25 bits per heavy atom. The van der Waals surface area contributed by atoms with E-state index in [1.807, 2.05) is 0 Å². The predicted molar refractivity (Wildman–Crippen MR) is 28.8 cm³/mol. The fourth-order valence-corrected chi connectivity index (χ4v) is 0. The molecule has 0 spiro atoms. The van der Waals surface area contributed by atoms with Crippen LogP contribution >= 0.6 is 0 Å². The van der Waals surface area contributed by atoms with Gasteiger partial charge in [-0.15, -0.1) is 0 Å². The van der Waals surface area contributed by atoms with Gasteiger partial charge in [0.05, 0.1) is 8.41 Å². The molecular formula is C2H10BSb. The van der Waals surface area contributed by atoms with Gasteiger partial charge in [-0.3, -0.25) is 0 Å². The van der Waals surface area contributed by atoms with Crippen LogP contribution in [0.5, 0.6) is 0 Å². The maximum absolute atomic E-state index is 2.30. The van der Waals surface area contributed by atoms with E-state index < -0.39 is 0 Å². The van der Waals surface area contributed by atoms with Crippen molar-refractivity contribution >= 4 is 30.0 Å². The molecule has 0 amide bonds. The average Bonchev–Trinajstić information content (AvgIpc) is 0.918. The molecule has 0 fully saturated rings. The molecule has 4 heavy (non-hydrogen) atoms. The van der Waals surface area contributed by atoms with E-state index >= 15 is 0 Å². The third-order valence-electron chi connectivity index (χ3n) is 0. The van der Waals surface area contributed by atoms with E-state index in [0.717, 1.165) is 0 Å². The van der Waals surface area contributed by atoms with Crippen LogP contribution < -0.4 is 0 Å². The Kier molecular flexibility index (Phi) is 20.2. The molecule has 0 aliphatic carbocycles. The van der Waals surface area contributed by atoms with Gasteiger partial charge in [0.1, 0.15) is 0 Å². The molecule has 0 radical (unpaired) electrons. The zero-order chi connectivity index (χ0) is 2.71. The van der Waals surface area contributed by atoms with Crippen molar-refractivity contribution in [2.45, 2.75) is 9.74 Å².